The number of nitrogens with one attached hydrogen (secondary N) is 1. The number of hydrogen-bond acceptors (Lipinski definition) is 6. The van der Waals surface area contributed by atoms with E-state index in [1.165, 1.54) is 0 Å². The minimum Gasteiger partial charge on any atom is -0.480 e. The first-order valence-electron chi connectivity index (χ1n) is 7.57. The first kappa shape index (κ1) is 13.9. The molecule has 0 saturated carbocycles. The molecule has 4 rings (SSSR count). The molecule has 1 atom stereocenters. The Kier molecular flexibility index (Phi) is 3.29. The van der Waals surface area contributed by atoms with Gasteiger partial charge in [0.15, 0.2) is 6.10 Å². The Morgan fingerprint density at radius 2 is 2.04 bits per heavy atom. The summed E-state index contributed by atoms with van der Waals surface area (Å²) in [5.41, 5.74) is 2.24. The standard InChI is InChI=1S/C17H17N3O3/c1-10-7-13(11(2)21-10)9-18-17-20-19-16(23-17)15-8-12-5-3-4-6-14(12)22-15/h3-7,15H,8-9H2,1-2H3,(H,18,20)/t15-/m1/s1. The molecule has 0 fully saturated rings. The molecule has 0 amide bonds. The zero-order chi connectivity index (χ0) is 15.8. The number of aromatic nitrogens is 2. The number of para-hydroxylation sites is 1. The van der Waals surface area contributed by atoms with Crippen molar-refractivity contribution in [1.82, 2.24) is 10.2 Å². The normalized spacial score (nSPS) is 16.2. The first-order chi connectivity index (χ1) is 11.2. The van der Waals surface area contributed by atoms with Crippen LogP contribution in [0.3, 0.4) is 0 Å². The van der Waals surface area contributed by atoms with E-state index in [1.54, 1.807) is 0 Å². The lowest BCUT2D eigenvalue weighted by atomic mass is 10.1. The number of benzene rings is 1. The van der Waals surface area contributed by atoms with E-state index in [2.05, 4.69) is 21.6 Å². The van der Waals surface area contributed by atoms with Gasteiger partial charge < -0.3 is 18.9 Å². The maximum atomic E-state index is 5.85. The summed E-state index contributed by atoms with van der Waals surface area (Å²) in [5.74, 6) is 3.16. The van der Waals surface area contributed by atoms with Crippen LogP contribution in [0, 0.1) is 13.8 Å². The maximum absolute atomic E-state index is 5.85. The summed E-state index contributed by atoms with van der Waals surface area (Å²) in [7, 11) is 0. The molecule has 6 heteroatoms. The summed E-state index contributed by atoms with van der Waals surface area (Å²) >= 11 is 0. The molecule has 0 saturated heterocycles. The SMILES string of the molecule is Cc1cc(CNc2nnc([C@H]3Cc4ccccc4O3)o2)c(C)o1. The van der Waals surface area contributed by atoms with Crippen molar-refractivity contribution in [2.45, 2.75) is 32.9 Å². The Hall–Kier alpha value is -2.76. The lowest BCUT2D eigenvalue weighted by molar-refractivity contribution is 0.199. The fourth-order valence-electron chi connectivity index (χ4n) is 2.79. The molecule has 0 radical (unpaired) electrons. The van der Waals surface area contributed by atoms with Crippen LogP contribution in [0.15, 0.2) is 39.2 Å². The van der Waals surface area contributed by atoms with E-state index < -0.39 is 0 Å². The fourth-order valence-corrected chi connectivity index (χ4v) is 2.79. The summed E-state index contributed by atoms with van der Waals surface area (Å²) in [6.07, 6.45) is 0.533. The highest BCUT2D eigenvalue weighted by Gasteiger charge is 2.28. The van der Waals surface area contributed by atoms with E-state index in [1.807, 2.05) is 38.1 Å². The molecule has 1 aliphatic heterocycles. The highest BCUT2D eigenvalue weighted by Crippen LogP contribution is 2.36. The van der Waals surface area contributed by atoms with Gasteiger partial charge in [0.25, 0.3) is 5.89 Å². The first-order valence-corrected chi connectivity index (χ1v) is 7.57. The van der Waals surface area contributed by atoms with E-state index in [0.717, 1.165) is 34.8 Å². The van der Waals surface area contributed by atoms with Crippen LogP contribution < -0.4 is 10.1 Å². The molecule has 0 unspecified atom stereocenters. The number of ether oxygens (including phenoxy) is 1. The van der Waals surface area contributed by atoms with E-state index >= 15 is 0 Å². The average Bonchev–Trinajstić information content (AvgIpc) is 3.23. The van der Waals surface area contributed by atoms with Gasteiger partial charge in [-0.3, -0.25) is 0 Å². The van der Waals surface area contributed by atoms with Gasteiger partial charge in [0.1, 0.15) is 17.3 Å². The fraction of sp³-hybridized carbons (Fsp3) is 0.294. The Labute approximate surface area is 133 Å². The van der Waals surface area contributed by atoms with Crippen LogP contribution >= 0.6 is 0 Å². The van der Waals surface area contributed by atoms with Gasteiger partial charge in [-0.05, 0) is 31.5 Å². The third kappa shape index (κ3) is 2.67. The van der Waals surface area contributed by atoms with Crippen LogP contribution in [-0.4, -0.2) is 10.2 Å². The highest BCUT2D eigenvalue weighted by atomic mass is 16.5. The second-order valence-corrected chi connectivity index (χ2v) is 5.66. The Morgan fingerprint density at radius 3 is 2.83 bits per heavy atom. The molecule has 1 aromatic carbocycles. The van der Waals surface area contributed by atoms with Crippen molar-refractivity contribution >= 4 is 6.01 Å². The van der Waals surface area contributed by atoms with Gasteiger partial charge in [-0.2, -0.15) is 0 Å². The molecule has 0 spiro atoms. The van der Waals surface area contributed by atoms with Crippen LogP contribution in [0.2, 0.25) is 0 Å². The van der Waals surface area contributed by atoms with Crippen LogP contribution in [0.5, 0.6) is 5.75 Å². The minimum absolute atomic E-state index is 0.214. The molecule has 1 aliphatic rings. The summed E-state index contributed by atoms with van der Waals surface area (Å²) in [4.78, 5) is 0. The Morgan fingerprint density at radius 1 is 1.17 bits per heavy atom. The monoisotopic (exact) mass is 311 g/mol. The zero-order valence-corrected chi connectivity index (χ0v) is 13.0. The predicted molar refractivity (Wildman–Crippen MR) is 83.3 cm³/mol. The van der Waals surface area contributed by atoms with Gasteiger partial charge in [0.05, 0.1) is 0 Å². The van der Waals surface area contributed by atoms with E-state index in [-0.39, 0.29) is 6.10 Å². The van der Waals surface area contributed by atoms with E-state index in [9.17, 15) is 0 Å². The summed E-state index contributed by atoms with van der Waals surface area (Å²) in [6.45, 7) is 4.44. The van der Waals surface area contributed by atoms with Crippen molar-refractivity contribution in [2.24, 2.45) is 0 Å². The van der Waals surface area contributed by atoms with E-state index in [0.29, 0.717) is 18.5 Å². The largest absolute Gasteiger partial charge is 0.480 e. The topological polar surface area (TPSA) is 73.3 Å². The number of fused-ring (bicyclic) bond motifs is 1. The molecule has 3 heterocycles. The number of anilines is 1. The summed E-state index contributed by atoms with van der Waals surface area (Å²) < 4.78 is 17.0. The van der Waals surface area contributed by atoms with E-state index in [4.69, 9.17) is 13.6 Å². The molecule has 1 N–H and O–H groups in total. The number of rotatable bonds is 4. The molecule has 0 bridgehead atoms. The Balaban J connectivity index is 1.43. The van der Waals surface area contributed by atoms with Crippen molar-refractivity contribution in [3.63, 3.8) is 0 Å². The van der Waals surface area contributed by atoms with Crippen LogP contribution in [0.4, 0.5) is 6.01 Å². The third-order valence-corrected chi connectivity index (χ3v) is 3.94. The lowest BCUT2D eigenvalue weighted by Gasteiger charge is -2.04. The van der Waals surface area contributed by atoms with Crippen molar-refractivity contribution in [2.75, 3.05) is 5.32 Å². The highest BCUT2D eigenvalue weighted by molar-refractivity contribution is 5.38. The average molecular weight is 311 g/mol. The van der Waals surface area contributed by atoms with Crippen LogP contribution in [0.25, 0.3) is 0 Å². The maximum Gasteiger partial charge on any atom is 0.315 e. The second kappa shape index (κ2) is 5.46. The minimum atomic E-state index is -0.214. The van der Waals surface area contributed by atoms with Gasteiger partial charge >= 0.3 is 6.01 Å². The summed E-state index contributed by atoms with van der Waals surface area (Å²) in [6, 6.07) is 10.3. The van der Waals surface area contributed by atoms with Gasteiger partial charge in [-0.15, -0.1) is 5.10 Å². The van der Waals surface area contributed by atoms with Gasteiger partial charge in [0.2, 0.25) is 0 Å². The van der Waals surface area contributed by atoms with Crippen molar-refractivity contribution in [3.05, 3.63) is 58.9 Å². The van der Waals surface area contributed by atoms with Crippen LogP contribution in [-0.2, 0) is 13.0 Å². The molecule has 118 valence electrons. The van der Waals surface area contributed by atoms with Gasteiger partial charge in [-0.25, -0.2) is 0 Å². The summed E-state index contributed by atoms with van der Waals surface area (Å²) in [5, 5.41) is 11.3. The van der Waals surface area contributed by atoms with Gasteiger partial charge in [-0.1, -0.05) is 23.3 Å². The second-order valence-electron chi connectivity index (χ2n) is 5.66. The van der Waals surface area contributed by atoms with Crippen molar-refractivity contribution < 1.29 is 13.6 Å². The third-order valence-electron chi connectivity index (χ3n) is 3.94. The van der Waals surface area contributed by atoms with Crippen molar-refractivity contribution in [3.8, 4) is 5.75 Å². The molecule has 3 aromatic rings. The molecule has 2 aromatic heterocycles. The number of nitrogens with zero attached hydrogens (tertiary/aromatic N) is 2. The van der Waals surface area contributed by atoms with Crippen molar-refractivity contribution in [1.29, 1.82) is 0 Å². The number of hydrogen-bond donors (Lipinski definition) is 1. The Bertz CT molecular complexity index is 812. The smallest absolute Gasteiger partial charge is 0.315 e. The molecular weight excluding hydrogens is 294 g/mol. The quantitative estimate of drug-likeness (QED) is 0.794. The molecule has 0 aliphatic carbocycles. The molecular formula is C17H17N3O3. The zero-order valence-electron chi connectivity index (χ0n) is 13.0. The molecule has 6 nitrogen and oxygen atoms in total. The predicted octanol–water partition coefficient (Wildman–Crippen LogP) is 3.57. The number of aryl methyl sites for hydroxylation is 2. The van der Waals surface area contributed by atoms with Gasteiger partial charge in [0, 0.05) is 18.5 Å². The van der Waals surface area contributed by atoms with Crippen LogP contribution in [0.1, 0.15) is 34.6 Å². The molecule has 23 heavy (non-hydrogen) atoms. The number of furan rings is 1. The lowest BCUT2D eigenvalue weighted by Crippen LogP contribution is -2.03.